The molecule has 0 saturated carbocycles. The van der Waals surface area contributed by atoms with Crippen molar-refractivity contribution in [1.29, 1.82) is 0 Å². The molecule has 2 aromatic rings. The van der Waals surface area contributed by atoms with Crippen LogP contribution in [0.5, 0.6) is 0 Å². The van der Waals surface area contributed by atoms with Crippen LogP contribution in [-0.2, 0) is 4.79 Å². The maximum Gasteiger partial charge on any atom is 0.255 e. The first-order valence-electron chi connectivity index (χ1n) is 8.59. The normalized spacial score (nSPS) is 16.8. The van der Waals surface area contributed by atoms with Crippen molar-refractivity contribution in [2.24, 2.45) is 11.7 Å². The van der Waals surface area contributed by atoms with Gasteiger partial charge in [0.05, 0.1) is 5.92 Å². The van der Waals surface area contributed by atoms with Gasteiger partial charge in [-0.3, -0.25) is 14.4 Å². The summed E-state index contributed by atoms with van der Waals surface area (Å²) >= 11 is 0. The van der Waals surface area contributed by atoms with E-state index in [0.717, 1.165) is 12.8 Å². The fourth-order valence-corrected chi connectivity index (χ4v) is 3.07. The molecule has 1 atom stereocenters. The Hall–Kier alpha value is -3.15. The molecule has 3 N–H and O–H groups in total. The molecule has 3 amide bonds. The summed E-state index contributed by atoms with van der Waals surface area (Å²) in [6.07, 6.45) is 1.49. The Bertz CT molecular complexity index is 803. The maximum absolute atomic E-state index is 12.6. The molecule has 0 radical (unpaired) electrons. The number of carbonyl (C=O) groups is 3. The van der Waals surface area contributed by atoms with Gasteiger partial charge >= 0.3 is 0 Å². The third-order valence-electron chi connectivity index (χ3n) is 4.54. The third-order valence-corrected chi connectivity index (χ3v) is 4.54. The molecule has 0 aliphatic carbocycles. The van der Waals surface area contributed by atoms with Gasteiger partial charge in [-0.05, 0) is 49.2 Å². The number of amides is 3. The van der Waals surface area contributed by atoms with Crippen molar-refractivity contribution in [3.05, 3.63) is 65.7 Å². The van der Waals surface area contributed by atoms with Gasteiger partial charge in [0.1, 0.15) is 0 Å². The number of piperidine rings is 1. The van der Waals surface area contributed by atoms with E-state index >= 15 is 0 Å². The average molecular weight is 351 g/mol. The van der Waals surface area contributed by atoms with E-state index in [4.69, 9.17) is 5.73 Å². The minimum atomic E-state index is -0.360. The summed E-state index contributed by atoms with van der Waals surface area (Å²) in [5.41, 5.74) is 7.07. The van der Waals surface area contributed by atoms with Gasteiger partial charge in [-0.1, -0.05) is 18.2 Å². The summed E-state index contributed by atoms with van der Waals surface area (Å²) < 4.78 is 0. The summed E-state index contributed by atoms with van der Waals surface area (Å²) in [5, 5.41) is 2.80. The van der Waals surface area contributed by atoms with Gasteiger partial charge in [-0.2, -0.15) is 0 Å². The van der Waals surface area contributed by atoms with Gasteiger partial charge in [0.15, 0.2) is 0 Å². The average Bonchev–Trinajstić information content (AvgIpc) is 2.68. The molecule has 1 aliphatic rings. The molecule has 0 bridgehead atoms. The van der Waals surface area contributed by atoms with E-state index in [1.54, 1.807) is 53.4 Å². The van der Waals surface area contributed by atoms with Crippen molar-refractivity contribution in [2.75, 3.05) is 18.4 Å². The molecule has 0 spiro atoms. The van der Waals surface area contributed by atoms with E-state index < -0.39 is 0 Å². The molecule has 1 fully saturated rings. The number of primary amides is 1. The molecule has 134 valence electrons. The standard InChI is InChI=1S/C20H21N3O3/c21-18(24)16-7-4-12-23(13-16)20(26)15-8-10-17(11-9-15)22-19(25)14-5-2-1-3-6-14/h1-3,5-6,8-11,16H,4,7,12-13H2,(H2,21,24)(H,22,25). The molecular formula is C20H21N3O3. The van der Waals surface area contributed by atoms with Crippen molar-refractivity contribution in [2.45, 2.75) is 12.8 Å². The van der Waals surface area contributed by atoms with Gasteiger partial charge < -0.3 is 16.0 Å². The molecule has 1 aliphatic heterocycles. The molecule has 1 saturated heterocycles. The highest BCUT2D eigenvalue weighted by Crippen LogP contribution is 2.19. The van der Waals surface area contributed by atoms with Crippen molar-refractivity contribution in [1.82, 2.24) is 4.90 Å². The van der Waals surface area contributed by atoms with Gasteiger partial charge in [-0.15, -0.1) is 0 Å². The zero-order valence-corrected chi connectivity index (χ0v) is 14.4. The highest BCUT2D eigenvalue weighted by molar-refractivity contribution is 6.04. The molecule has 0 aromatic heterocycles. The maximum atomic E-state index is 12.6. The minimum absolute atomic E-state index is 0.128. The fraction of sp³-hybridized carbons (Fsp3) is 0.250. The van der Waals surface area contributed by atoms with Crippen molar-refractivity contribution < 1.29 is 14.4 Å². The zero-order chi connectivity index (χ0) is 18.5. The molecule has 1 unspecified atom stereocenters. The number of nitrogens with one attached hydrogen (secondary N) is 1. The Morgan fingerprint density at radius 3 is 2.31 bits per heavy atom. The predicted molar refractivity (Wildman–Crippen MR) is 98.7 cm³/mol. The van der Waals surface area contributed by atoms with E-state index in [9.17, 15) is 14.4 Å². The van der Waals surface area contributed by atoms with E-state index in [1.807, 2.05) is 6.07 Å². The van der Waals surface area contributed by atoms with Crippen LogP contribution in [0.4, 0.5) is 5.69 Å². The lowest BCUT2D eigenvalue weighted by Crippen LogP contribution is -2.44. The predicted octanol–water partition coefficient (Wildman–Crippen LogP) is 2.28. The Balaban J connectivity index is 1.64. The zero-order valence-electron chi connectivity index (χ0n) is 14.4. The highest BCUT2D eigenvalue weighted by atomic mass is 16.2. The molecule has 1 heterocycles. The van der Waals surface area contributed by atoms with Crippen molar-refractivity contribution in [3.63, 3.8) is 0 Å². The molecular weight excluding hydrogens is 330 g/mol. The first-order valence-corrected chi connectivity index (χ1v) is 8.59. The van der Waals surface area contributed by atoms with Crippen LogP contribution >= 0.6 is 0 Å². The lowest BCUT2D eigenvalue weighted by atomic mass is 9.97. The van der Waals surface area contributed by atoms with Crippen LogP contribution in [0.3, 0.4) is 0 Å². The third kappa shape index (κ3) is 4.08. The second-order valence-corrected chi connectivity index (χ2v) is 6.39. The first kappa shape index (κ1) is 17.7. The van der Waals surface area contributed by atoms with E-state index in [-0.39, 0.29) is 23.6 Å². The second-order valence-electron chi connectivity index (χ2n) is 6.39. The molecule has 6 heteroatoms. The van der Waals surface area contributed by atoms with Crippen LogP contribution in [0.2, 0.25) is 0 Å². The van der Waals surface area contributed by atoms with Crippen LogP contribution in [0.1, 0.15) is 33.6 Å². The lowest BCUT2D eigenvalue weighted by molar-refractivity contribution is -0.123. The first-order chi connectivity index (χ1) is 12.5. The summed E-state index contributed by atoms with van der Waals surface area (Å²) in [4.78, 5) is 37.8. The number of nitrogens with zero attached hydrogens (tertiary/aromatic N) is 1. The Morgan fingerprint density at radius 2 is 1.65 bits per heavy atom. The quantitative estimate of drug-likeness (QED) is 0.885. The number of anilines is 1. The van der Waals surface area contributed by atoms with E-state index in [0.29, 0.717) is 29.9 Å². The van der Waals surface area contributed by atoms with E-state index in [1.165, 1.54) is 0 Å². The number of rotatable bonds is 4. The molecule has 6 nitrogen and oxygen atoms in total. The largest absolute Gasteiger partial charge is 0.369 e. The van der Waals surface area contributed by atoms with Gasteiger partial charge in [0, 0.05) is 29.9 Å². The number of nitrogens with two attached hydrogens (primary N) is 1. The summed E-state index contributed by atoms with van der Waals surface area (Å²) in [6, 6.07) is 15.7. The number of benzene rings is 2. The number of hydrogen-bond acceptors (Lipinski definition) is 3. The summed E-state index contributed by atoms with van der Waals surface area (Å²) in [7, 11) is 0. The number of carbonyl (C=O) groups excluding carboxylic acids is 3. The number of hydrogen-bond donors (Lipinski definition) is 2. The second kappa shape index (κ2) is 7.82. The van der Waals surface area contributed by atoms with Crippen LogP contribution in [0, 0.1) is 5.92 Å². The van der Waals surface area contributed by atoms with Gasteiger partial charge in [-0.25, -0.2) is 0 Å². The van der Waals surface area contributed by atoms with Crippen LogP contribution in [-0.4, -0.2) is 35.7 Å². The monoisotopic (exact) mass is 351 g/mol. The Kier molecular flexibility index (Phi) is 5.31. The van der Waals surface area contributed by atoms with Crippen molar-refractivity contribution >= 4 is 23.4 Å². The molecule has 2 aromatic carbocycles. The minimum Gasteiger partial charge on any atom is -0.369 e. The van der Waals surface area contributed by atoms with Crippen LogP contribution < -0.4 is 11.1 Å². The Morgan fingerprint density at radius 1 is 0.962 bits per heavy atom. The summed E-state index contributed by atoms with van der Waals surface area (Å²) in [5.74, 6) is -0.972. The Labute approximate surface area is 152 Å². The van der Waals surface area contributed by atoms with Crippen LogP contribution in [0.15, 0.2) is 54.6 Å². The van der Waals surface area contributed by atoms with Gasteiger partial charge in [0.2, 0.25) is 5.91 Å². The van der Waals surface area contributed by atoms with Crippen LogP contribution in [0.25, 0.3) is 0 Å². The molecule has 3 rings (SSSR count). The lowest BCUT2D eigenvalue weighted by Gasteiger charge is -2.31. The topological polar surface area (TPSA) is 92.5 Å². The smallest absolute Gasteiger partial charge is 0.255 e. The van der Waals surface area contributed by atoms with Crippen molar-refractivity contribution in [3.8, 4) is 0 Å². The SMILES string of the molecule is NC(=O)C1CCCN(C(=O)c2ccc(NC(=O)c3ccccc3)cc2)C1. The van der Waals surface area contributed by atoms with E-state index in [2.05, 4.69) is 5.32 Å². The summed E-state index contributed by atoms with van der Waals surface area (Å²) in [6.45, 7) is 0.982. The number of likely N-dealkylation sites (tertiary alicyclic amines) is 1. The highest BCUT2D eigenvalue weighted by Gasteiger charge is 2.27. The molecule has 26 heavy (non-hydrogen) atoms. The van der Waals surface area contributed by atoms with Gasteiger partial charge in [0.25, 0.3) is 11.8 Å². The fourth-order valence-electron chi connectivity index (χ4n) is 3.07.